The third kappa shape index (κ3) is 4.56. The Balaban J connectivity index is 1.71. The molecule has 1 atom stereocenters. The third-order valence-corrected chi connectivity index (χ3v) is 7.34. The van der Waals surface area contributed by atoms with Gasteiger partial charge in [0.25, 0.3) is 10.2 Å². The number of aromatic amines is 1. The molecule has 31 heavy (non-hydrogen) atoms. The van der Waals surface area contributed by atoms with Crippen molar-refractivity contribution in [2.24, 2.45) is 0 Å². The lowest BCUT2D eigenvalue weighted by atomic mass is 9.91. The van der Waals surface area contributed by atoms with E-state index in [-0.39, 0.29) is 12.5 Å². The highest BCUT2D eigenvalue weighted by Crippen LogP contribution is 2.36. The molecule has 0 amide bonds. The molecule has 1 fully saturated rings. The van der Waals surface area contributed by atoms with Crippen LogP contribution in [0.1, 0.15) is 36.8 Å². The van der Waals surface area contributed by atoms with Gasteiger partial charge in [-0.3, -0.25) is 0 Å². The molecule has 0 unspecified atom stereocenters. The monoisotopic (exact) mass is 443 g/mol. The van der Waals surface area contributed by atoms with Crippen LogP contribution >= 0.6 is 0 Å². The van der Waals surface area contributed by atoms with Crippen molar-refractivity contribution < 1.29 is 17.9 Å². The molecular formula is C23H29N3O4S. The number of methoxy groups -OCH3 is 1. The van der Waals surface area contributed by atoms with E-state index in [2.05, 4.69) is 15.8 Å². The lowest BCUT2D eigenvalue weighted by Crippen LogP contribution is -2.40. The summed E-state index contributed by atoms with van der Waals surface area (Å²) in [7, 11) is -1.91. The summed E-state index contributed by atoms with van der Waals surface area (Å²) in [5.74, 6) is 1.11. The molecule has 0 bridgehead atoms. The Morgan fingerprint density at radius 3 is 2.65 bits per heavy atom. The van der Waals surface area contributed by atoms with Crippen LogP contribution in [0.3, 0.4) is 0 Å². The van der Waals surface area contributed by atoms with Gasteiger partial charge in [0.15, 0.2) is 11.5 Å². The minimum absolute atomic E-state index is 0.196. The summed E-state index contributed by atoms with van der Waals surface area (Å²) in [6.07, 6.45) is 3.77. The van der Waals surface area contributed by atoms with Crippen LogP contribution in [-0.2, 0) is 10.2 Å². The maximum absolute atomic E-state index is 12.8. The van der Waals surface area contributed by atoms with Crippen molar-refractivity contribution in [1.82, 2.24) is 14.0 Å². The van der Waals surface area contributed by atoms with E-state index in [0.29, 0.717) is 31.2 Å². The minimum Gasteiger partial charge on any atom is -0.493 e. The molecular weight excluding hydrogens is 414 g/mol. The van der Waals surface area contributed by atoms with Gasteiger partial charge in [0, 0.05) is 42.7 Å². The van der Waals surface area contributed by atoms with E-state index in [1.54, 1.807) is 7.11 Å². The van der Waals surface area contributed by atoms with E-state index < -0.39 is 10.2 Å². The SMILES string of the molecule is CCOc1ccc([C@@H](CNS(=O)(=O)N2CCCC2)c2c[nH]c3ccccc23)cc1OC. The van der Waals surface area contributed by atoms with Crippen LogP contribution in [0, 0.1) is 0 Å². The molecule has 2 aromatic carbocycles. The highest BCUT2D eigenvalue weighted by molar-refractivity contribution is 7.87. The number of hydrogen-bond donors (Lipinski definition) is 2. The second kappa shape index (κ2) is 9.30. The van der Waals surface area contributed by atoms with Crippen molar-refractivity contribution in [3.8, 4) is 11.5 Å². The normalized spacial score (nSPS) is 15.9. The summed E-state index contributed by atoms with van der Waals surface area (Å²) in [6, 6.07) is 13.8. The lowest BCUT2D eigenvalue weighted by Gasteiger charge is -2.22. The summed E-state index contributed by atoms with van der Waals surface area (Å²) in [5.41, 5.74) is 3.00. The summed E-state index contributed by atoms with van der Waals surface area (Å²) in [4.78, 5) is 3.31. The highest BCUT2D eigenvalue weighted by Gasteiger charge is 2.27. The van der Waals surface area contributed by atoms with Gasteiger partial charge in [0.05, 0.1) is 13.7 Å². The zero-order chi connectivity index (χ0) is 21.8. The van der Waals surface area contributed by atoms with Crippen LogP contribution in [0.4, 0.5) is 0 Å². The number of H-pyrrole nitrogens is 1. The fourth-order valence-corrected chi connectivity index (χ4v) is 5.47. The molecule has 1 saturated heterocycles. The van der Waals surface area contributed by atoms with Crippen LogP contribution in [-0.4, -0.2) is 51.1 Å². The Morgan fingerprint density at radius 1 is 1.13 bits per heavy atom. The molecule has 3 aromatic rings. The molecule has 0 radical (unpaired) electrons. The Bertz CT molecular complexity index is 1140. The first-order valence-corrected chi connectivity index (χ1v) is 12.1. The molecule has 1 aliphatic heterocycles. The first-order chi connectivity index (χ1) is 15.0. The van der Waals surface area contributed by atoms with Gasteiger partial charge in [-0.05, 0) is 49.1 Å². The quantitative estimate of drug-likeness (QED) is 0.529. The molecule has 0 saturated carbocycles. The van der Waals surface area contributed by atoms with Gasteiger partial charge in [-0.25, -0.2) is 4.72 Å². The van der Waals surface area contributed by atoms with Crippen molar-refractivity contribution >= 4 is 21.1 Å². The Kier molecular flexibility index (Phi) is 6.50. The fraction of sp³-hybridized carbons (Fsp3) is 0.391. The second-order valence-corrected chi connectivity index (χ2v) is 9.40. The molecule has 0 spiro atoms. The number of para-hydroxylation sites is 1. The van der Waals surface area contributed by atoms with Gasteiger partial charge >= 0.3 is 0 Å². The van der Waals surface area contributed by atoms with E-state index in [1.807, 2.05) is 49.5 Å². The maximum atomic E-state index is 12.8. The number of benzene rings is 2. The van der Waals surface area contributed by atoms with Gasteiger partial charge < -0.3 is 14.5 Å². The maximum Gasteiger partial charge on any atom is 0.279 e. The van der Waals surface area contributed by atoms with Crippen molar-refractivity contribution in [3.63, 3.8) is 0 Å². The summed E-state index contributed by atoms with van der Waals surface area (Å²) >= 11 is 0. The summed E-state index contributed by atoms with van der Waals surface area (Å²) < 4.78 is 41.2. The van der Waals surface area contributed by atoms with Crippen LogP contribution in [0.2, 0.25) is 0 Å². The van der Waals surface area contributed by atoms with Crippen molar-refractivity contribution in [2.45, 2.75) is 25.7 Å². The molecule has 1 aliphatic rings. The van der Waals surface area contributed by atoms with Crippen molar-refractivity contribution in [2.75, 3.05) is 33.4 Å². The number of nitrogens with zero attached hydrogens (tertiary/aromatic N) is 1. The zero-order valence-corrected chi connectivity index (χ0v) is 18.7. The summed E-state index contributed by atoms with van der Waals surface area (Å²) in [5, 5.41) is 1.07. The first-order valence-electron chi connectivity index (χ1n) is 10.6. The van der Waals surface area contributed by atoms with Gasteiger partial charge in [-0.2, -0.15) is 12.7 Å². The highest BCUT2D eigenvalue weighted by atomic mass is 32.2. The number of ether oxygens (including phenoxy) is 2. The Hall–Kier alpha value is -2.55. The lowest BCUT2D eigenvalue weighted by molar-refractivity contribution is 0.310. The number of hydrogen-bond acceptors (Lipinski definition) is 4. The van der Waals surface area contributed by atoms with E-state index in [0.717, 1.165) is 34.9 Å². The average molecular weight is 444 g/mol. The number of fused-ring (bicyclic) bond motifs is 1. The van der Waals surface area contributed by atoms with E-state index >= 15 is 0 Å². The molecule has 2 N–H and O–H groups in total. The fourth-order valence-electron chi connectivity index (χ4n) is 4.17. The smallest absolute Gasteiger partial charge is 0.279 e. The van der Waals surface area contributed by atoms with Gasteiger partial charge in [-0.1, -0.05) is 24.3 Å². The van der Waals surface area contributed by atoms with Gasteiger partial charge in [0.1, 0.15) is 0 Å². The number of nitrogens with one attached hydrogen (secondary N) is 2. The molecule has 0 aliphatic carbocycles. The summed E-state index contributed by atoms with van der Waals surface area (Å²) in [6.45, 7) is 3.86. The predicted octanol–water partition coefficient (Wildman–Crippen LogP) is 3.64. The van der Waals surface area contributed by atoms with Gasteiger partial charge in [-0.15, -0.1) is 0 Å². The molecule has 8 heteroatoms. The largest absolute Gasteiger partial charge is 0.493 e. The van der Waals surface area contributed by atoms with E-state index in [9.17, 15) is 8.42 Å². The third-order valence-electron chi connectivity index (χ3n) is 5.76. The van der Waals surface area contributed by atoms with Crippen LogP contribution in [0.15, 0.2) is 48.7 Å². The van der Waals surface area contributed by atoms with Crippen LogP contribution in [0.5, 0.6) is 11.5 Å². The zero-order valence-electron chi connectivity index (χ0n) is 17.9. The second-order valence-electron chi connectivity index (χ2n) is 7.65. The first kappa shape index (κ1) is 21.7. The van der Waals surface area contributed by atoms with E-state index in [4.69, 9.17) is 9.47 Å². The van der Waals surface area contributed by atoms with Crippen molar-refractivity contribution in [3.05, 3.63) is 59.8 Å². The van der Waals surface area contributed by atoms with Crippen LogP contribution in [0.25, 0.3) is 10.9 Å². The average Bonchev–Trinajstić information content (AvgIpc) is 3.46. The van der Waals surface area contributed by atoms with Crippen molar-refractivity contribution in [1.29, 1.82) is 0 Å². The number of aromatic nitrogens is 1. The molecule has 7 nitrogen and oxygen atoms in total. The topological polar surface area (TPSA) is 83.7 Å². The predicted molar refractivity (Wildman–Crippen MR) is 122 cm³/mol. The van der Waals surface area contributed by atoms with E-state index in [1.165, 1.54) is 4.31 Å². The van der Waals surface area contributed by atoms with Gasteiger partial charge in [0.2, 0.25) is 0 Å². The Labute approximate surface area is 183 Å². The molecule has 4 rings (SSSR count). The molecule has 1 aromatic heterocycles. The standard InChI is InChI=1S/C23H29N3O4S/c1-3-30-22-11-10-17(14-23(22)29-2)19(16-25-31(27,28)26-12-6-7-13-26)20-15-24-21-9-5-4-8-18(20)21/h4-5,8-11,14-15,19,24-25H,3,6-7,12-13,16H2,1-2H3/t19-/m1/s1. The molecule has 2 heterocycles. The van der Waals surface area contributed by atoms with Crippen LogP contribution < -0.4 is 14.2 Å². The number of rotatable bonds is 9. The minimum atomic E-state index is -3.52. The molecule has 166 valence electrons. The Morgan fingerprint density at radius 2 is 1.90 bits per heavy atom.